The van der Waals surface area contributed by atoms with Crippen molar-refractivity contribution in [2.45, 2.75) is 13.3 Å². The molecule has 2 amide bonds. The minimum Gasteiger partial charge on any atom is -0.385 e. The van der Waals surface area contributed by atoms with E-state index in [1.807, 2.05) is 6.92 Å². The second-order valence-corrected chi connectivity index (χ2v) is 4.48. The Morgan fingerprint density at radius 3 is 2.90 bits per heavy atom. The van der Waals surface area contributed by atoms with Gasteiger partial charge in [-0.3, -0.25) is 14.7 Å². The van der Waals surface area contributed by atoms with Crippen molar-refractivity contribution < 1.29 is 14.3 Å². The molecular formula is C13H17N5O3. The van der Waals surface area contributed by atoms with Crippen molar-refractivity contribution in [1.82, 2.24) is 20.5 Å². The van der Waals surface area contributed by atoms with Crippen LogP contribution in [-0.4, -0.2) is 47.3 Å². The summed E-state index contributed by atoms with van der Waals surface area (Å²) in [6.07, 6.45) is 0.643. The van der Waals surface area contributed by atoms with Crippen molar-refractivity contribution in [1.29, 1.82) is 0 Å². The predicted molar refractivity (Wildman–Crippen MR) is 76.8 cm³/mol. The van der Waals surface area contributed by atoms with Gasteiger partial charge in [0.1, 0.15) is 0 Å². The maximum absolute atomic E-state index is 11.8. The number of aromatic amines is 1. The van der Waals surface area contributed by atoms with Gasteiger partial charge in [0, 0.05) is 26.0 Å². The van der Waals surface area contributed by atoms with Crippen LogP contribution in [0.25, 0.3) is 11.0 Å². The van der Waals surface area contributed by atoms with E-state index in [4.69, 9.17) is 4.74 Å². The second-order valence-electron chi connectivity index (χ2n) is 4.48. The maximum Gasteiger partial charge on any atom is 0.314 e. The van der Waals surface area contributed by atoms with E-state index >= 15 is 0 Å². The summed E-state index contributed by atoms with van der Waals surface area (Å²) in [5.41, 5.74) is 1.39. The number of methoxy groups -OCH3 is 1. The number of carbonyl (C=O) groups excluding carboxylic acids is 2. The number of pyridine rings is 1. The van der Waals surface area contributed by atoms with E-state index in [2.05, 4.69) is 25.8 Å². The fraction of sp³-hybridized carbons (Fsp3) is 0.385. The van der Waals surface area contributed by atoms with E-state index in [1.54, 1.807) is 19.2 Å². The normalized spacial score (nSPS) is 10.6. The average molecular weight is 291 g/mol. The molecule has 2 aromatic heterocycles. The summed E-state index contributed by atoms with van der Waals surface area (Å²) < 4.78 is 4.85. The number of carbonyl (C=O) groups is 2. The first kappa shape index (κ1) is 14.9. The molecule has 0 atom stereocenters. The van der Waals surface area contributed by atoms with Crippen LogP contribution in [0, 0.1) is 6.92 Å². The molecular weight excluding hydrogens is 274 g/mol. The van der Waals surface area contributed by atoms with Gasteiger partial charge >= 0.3 is 11.8 Å². The molecule has 2 heterocycles. The zero-order valence-corrected chi connectivity index (χ0v) is 11.9. The molecule has 112 valence electrons. The zero-order valence-electron chi connectivity index (χ0n) is 11.9. The minimum absolute atomic E-state index is 0.287. The lowest BCUT2D eigenvalue weighted by Gasteiger charge is -2.04. The first-order valence-electron chi connectivity index (χ1n) is 6.51. The Hall–Kier alpha value is -2.48. The molecule has 0 radical (unpaired) electrons. The largest absolute Gasteiger partial charge is 0.385 e. The SMILES string of the molecule is COCCCNC(=O)C(=O)Nc1n[nH]c2nc(C)ccc12. The highest BCUT2D eigenvalue weighted by Gasteiger charge is 2.16. The Morgan fingerprint density at radius 2 is 2.14 bits per heavy atom. The summed E-state index contributed by atoms with van der Waals surface area (Å²) in [4.78, 5) is 27.6. The Bertz CT molecular complexity index is 652. The lowest BCUT2D eigenvalue weighted by molar-refractivity contribution is -0.136. The van der Waals surface area contributed by atoms with Crippen LogP contribution < -0.4 is 10.6 Å². The van der Waals surface area contributed by atoms with Gasteiger partial charge in [-0.2, -0.15) is 5.10 Å². The first-order valence-corrected chi connectivity index (χ1v) is 6.51. The molecule has 0 unspecified atom stereocenters. The zero-order chi connectivity index (χ0) is 15.2. The van der Waals surface area contributed by atoms with Crippen LogP contribution in [0.3, 0.4) is 0 Å². The number of hydrogen-bond acceptors (Lipinski definition) is 5. The number of nitrogens with zero attached hydrogens (tertiary/aromatic N) is 2. The smallest absolute Gasteiger partial charge is 0.314 e. The van der Waals surface area contributed by atoms with Crippen LogP contribution >= 0.6 is 0 Å². The van der Waals surface area contributed by atoms with E-state index < -0.39 is 11.8 Å². The van der Waals surface area contributed by atoms with Gasteiger partial charge in [-0.15, -0.1) is 0 Å². The Labute approximate surface area is 121 Å². The van der Waals surface area contributed by atoms with Gasteiger partial charge in [0.05, 0.1) is 5.39 Å². The third kappa shape index (κ3) is 3.76. The molecule has 0 aromatic carbocycles. The molecule has 8 heteroatoms. The molecule has 0 spiro atoms. The van der Waals surface area contributed by atoms with Crippen LogP contribution in [-0.2, 0) is 14.3 Å². The van der Waals surface area contributed by atoms with E-state index in [-0.39, 0.29) is 5.82 Å². The maximum atomic E-state index is 11.8. The number of fused-ring (bicyclic) bond motifs is 1. The Morgan fingerprint density at radius 1 is 1.33 bits per heavy atom. The minimum atomic E-state index is -0.763. The number of nitrogens with one attached hydrogen (secondary N) is 3. The summed E-state index contributed by atoms with van der Waals surface area (Å²) in [5.74, 6) is -1.18. The Balaban J connectivity index is 1.96. The number of rotatable bonds is 5. The number of ether oxygens (including phenoxy) is 1. The molecule has 0 aliphatic rings. The molecule has 0 fully saturated rings. The summed E-state index contributed by atoms with van der Waals surface area (Å²) >= 11 is 0. The van der Waals surface area contributed by atoms with Crippen LogP contribution in [0.1, 0.15) is 12.1 Å². The molecule has 0 saturated carbocycles. The topological polar surface area (TPSA) is 109 Å². The number of H-pyrrole nitrogens is 1. The van der Waals surface area contributed by atoms with Gasteiger partial charge in [-0.05, 0) is 25.5 Å². The quantitative estimate of drug-likeness (QED) is 0.544. The monoisotopic (exact) mass is 291 g/mol. The average Bonchev–Trinajstić information content (AvgIpc) is 2.85. The van der Waals surface area contributed by atoms with Crippen molar-refractivity contribution in [2.75, 3.05) is 25.6 Å². The molecule has 0 bridgehead atoms. The van der Waals surface area contributed by atoms with Crippen molar-refractivity contribution in [3.63, 3.8) is 0 Å². The molecule has 0 aliphatic carbocycles. The fourth-order valence-electron chi connectivity index (χ4n) is 1.76. The summed E-state index contributed by atoms with van der Waals surface area (Å²) in [6.45, 7) is 2.76. The molecule has 3 N–H and O–H groups in total. The van der Waals surface area contributed by atoms with Crippen LogP contribution in [0.5, 0.6) is 0 Å². The highest BCUT2D eigenvalue weighted by atomic mass is 16.5. The van der Waals surface area contributed by atoms with Crippen LogP contribution in [0.2, 0.25) is 0 Å². The standard InChI is InChI=1S/C13H17N5O3/c1-8-4-5-9-10(15-8)17-18-11(9)16-13(20)12(19)14-6-3-7-21-2/h4-5H,3,6-7H2,1-2H3,(H,14,19)(H2,15,16,17,18,20). The van der Waals surface area contributed by atoms with Crippen molar-refractivity contribution >= 4 is 28.7 Å². The number of anilines is 1. The molecule has 8 nitrogen and oxygen atoms in total. The first-order chi connectivity index (χ1) is 10.1. The number of amides is 2. The summed E-state index contributed by atoms with van der Waals surface area (Å²) in [5, 5.41) is 12.3. The summed E-state index contributed by atoms with van der Waals surface area (Å²) in [6, 6.07) is 3.59. The van der Waals surface area contributed by atoms with Crippen LogP contribution in [0.15, 0.2) is 12.1 Å². The summed E-state index contributed by atoms with van der Waals surface area (Å²) in [7, 11) is 1.58. The number of aryl methyl sites for hydroxylation is 1. The Kier molecular flexibility index (Phi) is 4.83. The van der Waals surface area contributed by atoms with E-state index in [0.29, 0.717) is 30.6 Å². The second kappa shape index (κ2) is 6.80. The van der Waals surface area contributed by atoms with Gasteiger partial charge in [-0.1, -0.05) is 0 Å². The van der Waals surface area contributed by atoms with Gasteiger partial charge in [-0.25, -0.2) is 4.98 Å². The highest BCUT2D eigenvalue weighted by Crippen LogP contribution is 2.18. The van der Waals surface area contributed by atoms with Crippen LogP contribution in [0.4, 0.5) is 5.82 Å². The lowest BCUT2D eigenvalue weighted by atomic mass is 10.3. The predicted octanol–water partition coefficient (Wildman–Crippen LogP) is 0.358. The molecule has 2 aromatic rings. The van der Waals surface area contributed by atoms with E-state index in [9.17, 15) is 9.59 Å². The third-order valence-electron chi connectivity index (χ3n) is 2.81. The third-order valence-corrected chi connectivity index (χ3v) is 2.81. The van der Waals surface area contributed by atoms with Gasteiger partial charge in [0.2, 0.25) is 0 Å². The number of aromatic nitrogens is 3. The lowest BCUT2D eigenvalue weighted by Crippen LogP contribution is -2.36. The van der Waals surface area contributed by atoms with Crippen molar-refractivity contribution in [3.8, 4) is 0 Å². The van der Waals surface area contributed by atoms with Crippen molar-refractivity contribution in [3.05, 3.63) is 17.8 Å². The molecule has 2 rings (SSSR count). The van der Waals surface area contributed by atoms with Gasteiger partial charge in [0.15, 0.2) is 11.5 Å². The molecule has 0 aliphatic heterocycles. The molecule has 0 saturated heterocycles. The molecule has 21 heavy (non-hydrogen) atoms. The van der Waals surface area contributed by atoms with E-state index in [0.717, 1.165) is 5.69 Å². The number of hydrogen-bond donors (Lipinski definition) is 3. The van der Waals surface area contributed by atoms with E-state index in [1.165, 1.54) is 0 Å². The van der Waals surface area contributed by atoms with Gasteiger partial charge < -0.3 is 15.4 Å². The highest BCUT2D eigenvalue weighted by molar-refractivity contribution is 6.40. The fourth-order valence-corrected chi connectivity index (χ4v) is 1.76. The van der Waals surface area contributed by atoms with Crippen molar-refractivity contribution in [2.24, 2.45) is 0 Å². The van der Waals surface area contributed by atoms with Gasteiger partial charge in [0.25, 0.3) is 0 Å².